The van der Waals surface area contributed by atoms with Crippen LogP contribution in [-0.2, 0) is 9.59 Å². The van der Waals surface area contributed by atoms with Crippen LogP contribution in [0.3, 0.4) is 0 Å². The summed E-state index contributed by atoms with van der Waals surface area (Å²) < 4.78 is 13.5. The first-order chi connectivity index (χ1) is 7.16. The fourth-order valence-electron chi connectivity index (χ4n) is 1.95. The molecule has 92 valence electrons. The number of likely N-dealkylation sites (tertiary alicyclic amines) is 1. The van der Waals surface area contributed by atoms with Gasteiger partial charge in [-0.2, -0.15) is 0 Å². The highest BCUT2D eigenvalue weighted by Crippen LogP contribution is 2.31. The van der Waals surface area contributed by atoms with Crippen LogP contribution >= 0.6 is 0 Å². The number of rotatable bonds is 1. The van der Waals surface area contributed by atoms with Crippen molar-refractivity contribution in [3.8, 4) is 0 Å². The molecule has 1 amide bonds. The van der Waals surface area contributed by atoms with Crippen LogP contribution < -0.4 is 0 Å². The first kappa shape index (κ1) is 12.9. The first-order valence-corrected chi connectivity index (χ1v) is 5.34. The minimum Gasteiger partial charge on any atom is -0.480 e. The molecule has 0 saturated carbocycles. The molecule has 1 fully saturated rings. The van der Waals surface area contributed by atoms with Crippen molar-refractivity contribution < 1.29 is 19.1 Å². The molecule has 3 atom stereocenters. The SMILES string of the molecule is C[C@@H]1[C@@H](C(=O)O)N(C(=O)C(C)(C)C)C[C@@H]1F. The number of hydrogen-bond donors (Lipinski definition) is 1. The highest BCUT2D eigenvalue weighted by atomic mass is 19.1. The molecule has 0 aromatic heterocycles. The Hall–Kier alpha value is -1.13. The van der Waals surface area contributed by atoms with Gasteiger partial charge in [-0.05, 0) is 0 Å². The topological polar surface area (TPSA) is 57.6 Å². The summed E-state index contributed by atoms with van der Waals surface area (Å²) in [5, 5.41) is 9.03. The van der Waals surface area contributed by atoms with Crippen molar-refractivity contribution >= 4 is 11.9 Å². The highest BCUT2D eigenvalue weighted by molar-refractivity contribution is 5.87. The van der Waals surface area contributed by atoms with Crippen molar-refractivity contribution in [1.82, 2.24) is 4.90 Å². The molecule has 1 rings (SSSR count). The molecule has 1 N–H and O–H groups in total. The molecule has 0 spiro atoms. The van der Waals surface area contributed by atoms with E-state index in [0.717, 1.165) is 4.90 Å². The number of carbonyl (C=O) groups excluding carboxylic acids is 1. The van der Waals surface area contributed by atoms with Gasteiger partial charge in [0, 0.05) is 11.3 Å². The molecule has 16 heavy (non-hydrogen) atoms. The smallest absolute Gasteiger partial charge is 0.326 e. The minimum atomic E-state index is -1.26. The molecule has 0 aromatic carbocycles. The number of carboxylic acids is 1. The maximum atomic E-state index is 13.5. The number of hydrogen-bond acceptors (Lipinski definition) is 2. The third-order valence-electron chi connectivity index (χ3n) is 2.93. The van der Waals surface area contributed by atoms with Crippen LogP contribution in [0.2, 0.25) is 0 Å². The second-order valence-corrected chi connectivity index (χ2v) is 5.37. The van der Waals surface area contributed by atoms with E-state index < -0.39 is 29.5 Å². The molecule has 4 nitrogen and oxygen atoms in total. The van der Waals surface area contributed by atoms with Gasteiger partial charge in [0.1, 0.15) is 12.2 Å². The molecular formula is C11H18FNO3. The molecule has 0 bridgehead atoms. The van der Waals surface area contributed by atoms with Crippen molar-refractivity contribution in [1.29, 1.82) is 0 Å². The molecule has 1 aliphatic rings. The molecule has 0 aromatic rings. The number of carbonyl (C=O) groups is 2. The fourth-order valence-corrected chi connectivity index (χ4v) is 1.95. The predicted octanol–water partition coefficient (Wildman–Crippen LogP) is 1.30. The lowest BCUT2D eigenvalue weighted by molar-refractivity contribution is -0.152. The zero-order chi connectivity index (χ0) is 12.7. The van der Waals surface area contributed by atoms with Gasteiger partial charge < -0.3 is 10.0 Å². The summed E-state index contributed by atoms with van der Waals surface area (Å²) >= 11 is 0. The lowest BCUT2D eigenvalue weighted by Gasteiger charge is -2.29. The molecular weight excluding hydrogens is 213 g/mol. The predicted molar refractivity (Wildman–Crippen MR) is 56.7 cm³/mol. The molecule has 5 heteroatoms. The van der Waals surface area contributed by atoms with Crippen LogP contribution in [-0.4, -0.2) is 40.6 Å². The highest BCUT2D eigenvalue weighted by Gasteiger charge is 2.47. The lowest BCUT2D eigenvalue weighted by Crippen LogP contribution is -2.47. The van der Waals surface area contributed by atoms with Gasteiger partial charge in [0.15, 0.2) is 0 Å². The molecule has 1 aliphatic heterocycles. The van der Waals surface area contributed by atoms with Crippen molar-refractivity contribution in [3.63, 3.8) is 0 Å². The number of carboxylic acid groups (broad SMARTS) is 1. The Balaban J connectivity index is 2.96. The van der Waals surface area contributed by atoms with Crippen molar-refractivity contribution in [2.45, 2.75) is 39.9 Å². The lowest BCUT2D eigenvalue weighted by atomic mass is 9.93. The summed E-state index contributed by atoms with van der Waals surface area (Å²) in [7, 11) is 0. The van der Waals surface area contributed by atoms with Crippen LogP contribution in [0, 0.1) is 11.3 Å². The molecule has 0 radical (unpaired) electrons. The van der Waals surface area contributed by atoms with Crippen LogP contribution in [0.4, 0.5) is 4.39 Å². The maximum Gasteiger partial charge on any atom is 0.326 e. The zero-order valence-corrected chi connectivity index (χ0v) is 10.0. The zero-order valence-electron chi connectivity index (χ0n) is 10.0. The van der Waals surface area contributed by atoms with E-state index in [1.54, 1.807) is 20.8 Å². The van der Waals surface area contributed by atoms with E-state index in [1.807, 2.05) is 0 Å². The summed E-state index contributed by atoms with van der Waals surface area (Å²) in [5.41, 5.74) is -0.683. The summed E-state index contributed by atoms with van der Waals surface area (Å²) in [5.74, 6) is -2.10. The van der Waals surface area contributed by atoms with E-state index in [2.05, 4.69) is 0 Å². The Morgan fingerprint density at radius 2 is 1.88 bits per heavy atom. The average molecular weight is 231 g/mol. The van der Waals surface area contributed by atoms with E-state index in [-0.39, 0.29) is 12.5 Å². The quantitative estimate of drug-likeness (QED) is 0.740. The minimum absolute atomic E-state index is 0.117. The van der Waals surface area contributed by atoms with Gasteiger partial charge in [-0.15, -0.1) is 0 Å². The largest absolute Gasteiger partial charge is 0.480 e. The Kier molecular flexibility index (Phi) is 3.26. The number of amides is 1. The molecule has 1 heterocycles. The van der Waals surface area contributed by atoms with Crippen LogP contribution in [0.25, 0.3) is 0 Å². The molecule has 0 aliphatic carbocycles. The van der Waals surface area contributed by atoms with Gasteiger partial charge in [-0.25, -0.2) is 9.18 Å². The Labute approximate surface area is 94.4 Å². The average Bonchev–Trinajstić information content (AvgIpc) is 2.40. The number of alkyl halides is 1. The maximum absolute atomic E-state index is 13.5. The first-order valence-electron chi connectivity index (χ1n) is 5.34. The van der Waals surface area contributed by atoms with E-state index in [9.17, 15) is 14.0 Å². The second kappa shape index (κ2) is 4.03. The molecule has 0 unspecified atom stereocenters. The Bertz CT molecular complexity index is 311. The number of aliphatic carboxylic acids is 1. The van der Waals surface area contributed by atoms with Crippen LogP contribution in [0.5, 0.6) is 0 Å². The second-order valence-electron chi connectivity index (χ2n) is 5.37. The Morgan fingerprint density at radius 1 is 1.38 bits per heavy atom. The van der Waals surface area contributed by atoms with E-state index in [1.165, 1.54) is 6.92 Å². The monoisotopic (exact) mass is 231 g/mol. The van der Waals surface area contributed by atoms with Gasteiger partial charge in [0.2, 0.25) is 5.91 Å². The normalized spacial score (nSPS) is 30.6. The summed E-state index contributed by atoms with van der Waals surface area (Å²) in [6.07, 6.45) is -1.26. The van der Waals surface area contributed by atoms with Crippen molar-refractivity contribution in [2.24, 2.45) is 11.3 Å². The van der Waals surface area contributed by atoms with E-state index in [0.29, 0.717) is 0 Å². The third-order valence-corrected chi connectivity index (χ3v) is 2.93. The fraction of sp³-hybridized carbons (Fsp3) is 0.818. The molecule has 1 saturated heterocycles. The van der Waals surface area contributed by atoms with Gasteiger partial charge in [0.25, 0.3) is 0 Å². The van der Waals surface area contributed by atoms with Crippen molar-refractivity contribution in [3.05, 3.63) is 0 Å². The van der Waals surface area contributed by atoms with Crippen molar-refractivity contribution in [2.75, 3.05) is 6.54 Å². The number of nitrogens with zero attached hydrogens (tertiary/aromatic N) is 1. The van der Waals surface area contributed by atoms with Crippen LogP contribution in [0.1, 0.15) is 27.7 Å². The summed E-state index contributed by atoms with van der Waals surface area (Å²) in [6.45, 7) is 6.51. The van der Waals surface area contributed by atoms with Gasteiger partial charge in [-0.1, -0.05) is 27.7 Å². The van der Waals surface area contributed by atoms with Crippen LogP contribution in [0.15, 0.2) is 0 Å². The Morgan fingerprint density at radius 3 is 2.25 bits per heavy atom. The summed E-state index contributed by atoms with van der Waals surface area (Å²) in [4.78, 5) is 24.2. The van der Waals surface area contributed by atoms with Gasteiger partial charge in [0.05, 0.1) is 6.54 Å². The third kappa shape index (κ3) is 2.18. The standard InChI is InChI=1S/C11H18FNO3/c1-6-7(12)5-13(8(6)9(14)15)10(16)11(2,3)4/h6-8H,5H2,1-4H3,(H,14,15)/t6-,7-,8-/m0/s1. The number of halogens is 1. The summed E-state index contributed by atoms with van der Waals surface area (Å²) in [6, 6.07) is -1.04. The van der Waals surface area contributed by atoms with E-state index in [4.69, 9.17) is 5.11 Å². The van der Waals surface area contributed by atoms with Gasteiger partial charge >= 0.3 is 5.97 Å². The van der Waals surface area contributed by atoms with E-state index >= 15 is 0 Å². The van der Waals surface area contributed by atoms with Gasteiger partial charge in [-0.3, -0.25) is 4.79 Å².